The van der Waals surface area contributed by atoms with Crippen LogP contribution in [-0.2, 0) is 37.1 Å². The summed E-state index contributed by atoms with van der Waals surface area (Å²) < 4.78 is 23.7. The number of nitrogens with zero attached hydrogens (tertiary/aromatic N) is 3. The SMILES string of the molecule is C=C(C)c1cc(C(=O)N2CCC(C=O)CC2)c(C)cc1OCc1ccccc1.C=C(C)c1cc(C(=O)N2CCC(CNCCCN[C@@H](CC(C)C)C(=O)OC3CCCC3)CC2)c(C)cc1OCc1ccccc1.CC(C)C[C@H](NCCCNCC1CCN(C(=O)c2cc(C(C)C)c(O)cc2O)CC1)C(=O)OC1CCCC1. The molecule has 5 aliphatic rings. The fourth-order valence-corrected chi connectivity index (χ4v) is 15.4. The van der Waals surface area contributed by atoms with Gasteiger partial charge in [0.2, 0.25) is 0 Å². The lowest BCUT2D eigenvalue weighted by Gasteiger charge is -2.32. The van der Waals surface area contributed by atoms with Gasteiger partial charge in [0.1, 0.15) is 66.8 Å². The van der Waals surface area contributed by atoms with Crippen molar-refractivity contribution < 1.29 is 57.9 Å². The number of aldehydes is 1. The highest BCUT2D eigenvalue weighted by Gasteiger charge is 2.32. The van der Waals surface area contributed by atoms with Crippen molar-refractivity contribution in [3.63, 3.8) is 0 Å². The number of aryl methyl sites for hydroxylation is 2. The van der Waals surface area contributed by atoms with Gasteiger partial charge < -0.3 is 69.9 Å². The number of phenols is 2. The second-order valence-electron chi connectivity index (χ2n) is 32.8. The maximum atomic E-state index is 13.6. The number of piperidine rings is 3. The Morgan fingerprint density at radius 1 is 0.486 bits per heavy atom. The summed E-state index contributed by atoms with van der Waals surface area (Å²) >= 11 is 0. The molecule has 5 aromatic rings. The lowest BCUT2D eigenvalue weighted by molar-refractivity contribution is -0.152. The summed E-state index contributed by atoms with van der Waals surface area (Å²) in [6.07, 6.45) is 18.6. The molecule has 2 aliphatic carbocycles. The van der Waals surface area contributed by atoms with Crippen molar-refractivity contribution in [2.75, 3.05) is 78.5 Å². The monoisotopic (exact) mass is 1530 g/mol. The summed E-state index contributed by atoms with van der Waals surface area (Å²) in [7, 11) is 0. The first kappa shape index (κ1) is 88.2. The number of ether oxygens (including phenoxy) is 4. The number of likely N-dealkylation sites (tertiary alicyclic amines) is 3. The molecule has 0 aromatic heterocycles. The number of aromatic hydroxyl groups is 2. The quantitative estimate of drug-likeness (QED) is 0.0126. The molecule has 0 unspecified atom stereocenters. The van der Waals surface area contributed by atoms with E-state index in [9.17, 15) is 39.0 Å². The van der Waals surface area contributed by atoms with Crippen molar-refractivity contribution in [3.8, 4) is 23.0 Å². The van der Waals surface area contributed by atoms with Crippen LogP contribution in [0.3, 0.4) is 0 Å². The third kappa shape index (κ3) is 28.1. The van der Waals surface area contributed by atoms with E-state index in [0.29, 0.717) is 74.2 Å². The third-order valence-corrected chi connectivity index (χ3v) is 22.2. The first-order valence-electron chi connectivity index (χ1n) is 41.5. The lowest BCUT2D eigenvalue weighted by Crippen LogP contribution is -2.42. The molecule has 2 saturated carbocycles. The number of hydrogen-bond acceptors (Lipinski definition) is 16. The van der Waals surface area contributed by atoms with E-state index in [0.717, 1.165) is 236 Å². The van der Waals surface area contributed by atoms with E-state index in [4.69, 9.17) is 18.9 Å². The lowest BCUT2D eigenvalue weighted by atomic mass is 9.94. The van der Waals surface area contributed by atoms with Crippen LogP contribution in [0.5, 0.6) is 23.0 Å². The second kappa shape index (κ2) is 45.4. The number of allylic oxidation sites excluding steroid dienone is 2. The molecule has 606 valence electrons. The molecule has 0 bridgehead atoms. The largest absolute Gasteiger partial charge is 0.508 e. The Balaban J connectivity index is 0.000000215. The van der Waals surface area contributed by atoms with Gasteiger partial charge in [-0.3, -0.25) is 24.0 Å². The second-order valence-corrected chi connectivity index (χ2v) is 32.8. The Hall–Kier alpha value is -8.36. The minimum atomic E-state index is -0.234. The normalized spacial score (nSPS) is 16.5. The maximum Gasteiger partial charge on any atom is 0.323 e. The zero-order valence-corrected chi connectivity index (χ0v) is 68.4. The van der Waals surface area contributed by atoms with Gasteiger partial charge in [0, 0.05) is 73.5 Å². The minimum absolute atomic E-state index is 0.0129. The van der Waals surface area contributed by atoms with Crippen molar-refractivity contribution >= 4 is 47.1 Å². The fourth-order valence-electron chi connectivity index (χ4n) is 15.4. The van der Waals surface area contributed by atoms with Crippen LogP contribution in [-0.4, -0.2) is 164 Å². The third-order valence-electron chi connectivity index (χ3n) is 22.2. The van der Waals surface area contributed by atoms with Gasteiger partial charge in [-0.05, 0) is 281 Å². The summed E-state index contributed by atoms with van der Waals surface area (Å²) in [6, 6.07) is 30.3. The van der Waals surface area contributed by atoms with Gasteiger partial charge in [-0.2, -0.15) is 0 Å². The van der Waals surface area contributed by atoms with E-state index >= 15 is 0 Å². The average molecular weight is 1530 g/mol. The van der Waals surface area contributed by atoms with E-state index in [2.05, 4.69) is 62.1 Å². The molecule has 2 atom stereocenters. The predicted octanol–water partition coefficient (Wildman–Crippen LogP) is 16.1. The van der Waals surface area contributed by atoms with E-state index in [1.165, 1.54) is 6.07 Å². The molecular formula is C92H131N7O12. The van der Waals surface area contributed by atoms with Gasteiger partial charge in [0.15, 0.2) is 0 Å². The smallest absolute Gasteiger partial charge is 0.323 e. The summed E-state index contributed by atoms with van der Waals surface area (Å²) in [5, 5.41) is 34.4. The van der Waals surface area contributed by atoms with Crippen LogP contribution >= 0.6 is 0 Å². The molecule has 111 heavy (non-hydrogen) atoms. The van der Waals surface area contributed by atoms with Crippen LogP contribution < -0.4 is 30.7 Å². The van der Waals surface area contributed by atoms with Crippen LogP contribution in [0, 0.1) is 43.4 Å². The van der Waals surface area contributed by atoms with E-state index < -0.39 is 0 Å². The van der Waals surface area contributed by atoms with Crippen molar-refractivity contribution in [1.82, 2.24) is 36.0 Å². The van der Waals surface area contributed by atoms with E-state index in [1.54, 1.807) is 11.0 Å². The molecule has 3 amide bonds. The summed E-state index contributed by atoms with van der Waals surface area (Å²) in [5.41, 5.74) is 9.81. The van der Waals surface area contributed by atoms with Crippen molar-refractivity contribution in [2.24, 2.45) is 29.6 Å². The zero-order chi connectivity index (χ0) is 79.9. The van der Waals surface area contributed by atoms with E-state index in [1.807, 2.05) is 136 Å². The summed E-state index contributed by atoms with van der Waals surface area (Å²) in [5.74, 6) is 3.15. The van der Waals surface area contributed by atoms with Crippen molar-refractivity contribution in [2.45, 2.75) is 228 Å². The van der Waals surface area contributed by atoms with Crippen LogP contribution in [0.1, 0.15) is 247 Å². The average Bonchev–Trinajstić information content (AvgIpc) is 1.71. The molecule has 3 aliphatic heterocycles. The number of esters is 2. The fraction of sp³-hybridized carbons (Fsp3) is 0.565. The number of rotatable bonds is 35. The van der Waals surface area contributed by atoms with Crippen LogP contribution in [0.15, 0.2) is 110 Å². The Morgan fingerprint density at radius 3 is 1.23 bits per heavy atom. The Morgan fingerprint density at radius 2 is 0.865 bits per heavy atom. The first-order valence-corrected chi connectivity index (χ1v) is 41.5. The van der Waals surface area contributed by atoms with Gasteiger partial charge in [-0.1, -0.05) is 115 Å². The number of amides is 3. The van der Waals surface area contributed by atoms with Crippen molar-refractivity contribution in [3.05, 3.63) is 166 Å². The number of hydrogen-bond donors (Lipinski definition) is 6. The molecule has 10 rings (SSSR count). The minimum Gasteiger partial charge on any atom is -0.508 e. The standard InChI is InChI=1S/C38H55N3O4.C30H49N3O5.C24H27NO3/c1-27(2)22-35(38(43)45-32-14-9-10-15-32)40-19-11-18-39-25-30-16-20-41(21-17-30)37(42)34-24-33(28(3)4)36(23-29(34)5)44-26-31-12-7-6-8-13-31;1-20(2)16-26(30(37)38-23-8-5-6-9-23)32-13-7-12-31-19-22-10-14-33(15-11-22)29(36)25-17-24(21(3)4)27(34)18-28(25)35;1-17(2)21-14-22(24(27)25-11-9-19(15-26)10-12-25)18(3)13-23(21)28-16-20-7-5-4-6-8-20/h6-8,12-13,23-24,27,30,32,35,39-40H,3,9-11,14-22,25-26H2,1-2,4-5H3;17-18,20-23,26,31-32,34-35H,5-16,19H2,1-4H3;4-8,13-15,19H,1,9-12,16H2,2-3H3/t35-;26-;/m00./s1. The van der Waals surface area contributed by atoms with Gasteiger partial charge in [-0.15, -0.1) is 0 Å². The summed E-state index contributed by atoms with van der Waals surface area (Å²) in [6.45, 7) is 38.7. The van der Waals surface area contributed by atoms with Gasteiger partial charge in [0.25, 0.3) is 17.7 Å². The molecule has 6 N–H and O–H groups in total. The topological polar surface area (TPSA) is 238 Å². The number of phenolic OH excluding ortho intramolecular Hbond substituents is 2. The van der Waals surface area contributed by atoms with Gasteiger partial charge in [0.05, 0.1) is 5.56 Å². The van der Waals surface area contributed by atoms with Crippen LogP contribution in [0.4, 0.5) is 0 Å². The molecule has 5 fully saturated rings. The van der Waals surface area contributed by atoms with Crippen LogP contribution in [0.2, 0.25) is 0 Å². The summed E-state index contributed by atoms with van der Waals surface area (Å²) in [4.78, 5) is 81.7. The maximum absolute atomic E-state index is 13.6. The van der Waals surface area contributed by atoms with Crippen molar-refractivity contribution in [1.29, 1.82) is 0 Å². The highest BCUT2D eigenvalue weighted by molar-refractivity contribution is 5.99. The molecule has 3 saturated heterocycles. The Labute approximate surface area is 662 Å². The zero-order valence-electron chi connectivity index (χ0n) is 68.4. The van der Waals surface area contributed by atoms with E-state index in [-0.39, 0.29) is 82.9 Å². The number of carbonyl (C=O) groups is 6. The molecule has 5 aromatic carbocycles. The number of carbonyl (C=O) groups excluding carboxylic acids is 6. The molecule has 0 radical (unpaired) electrons. The predicted molar refractivity (Wildman–Crippen MR) is 443 cm³/mol. The molecule has 3 heterocycles. The van der Waals surface area contributed by atoms with Gasteiger partial charge >= 0.3 is 11.9 Å². The Bertz CT molecular complexity index is 3790. The number of nitrogens with one attached hydrogen (secondary N) is 4. The first-order chi connectivity index (χ1) is 53.3. The highest BCUT2D eigenvalue weighted by Crippen LogP contribution is 2.36. The molecule has 0 spiro atoms. The highest BCUT2D eigenvalue weighted by atomic mass is 16.5. The Kier molecular flexibility index (Phi) is 36.1. The molecule has 19 heteroatoms. The number of benzene rings is 5. The van der Waals surface area contributed by atoms with Crippen LogP contribution in [0.25, 0.3) is 11.1 Å². The molecule has 19 nitrogen and oxygen atoms in total. The van der Waals surface area contributed by atoms with Gasteiger partial charge in [-0.25, -0.2) is 0 Å². The molecular weight excluding hydrogens is 1400 g/mol.